The van der Waals surface area contributed by atoms with E-state index in [4.69, 9.17) is 9.47 Å². The van der Waals surface area contributed by atoms with Gasteiger partial charge in [0.25, 0.3) is 0 Å². The first-order valence-electron chi connectivity index (χ1n) is 6.10. The number of rotatable bonds is 2. The molecule has 8 heteroatoms. The van der Waals surface area contributed by atoms with Crippen molar-refractivity contribution in [3.63, 3.8) is 0 Å². The molecular formula is C11H18N4O3S. The molecule has 0 aliphatic carbocycles. The van der Waals surface area contributed by atoms with Gasteiger partial charge in [0.05, 0.1) is 13.2 Å². The van der Waals surface area contributed by atoms with Gasteiger partial charge >= 0.3 is 6.09 Å². The zero-order valence-corrected chi connectivity index (χ0v) is 12.1. The molecule has 1 aliphatic heterocycles. The lowest BCUT2D eigenvalue weighted by Crippen LogP contribution is -2.36. The first kappa shape index (κ1) is 14.0. The van der Waals surface area contributed by atoms with Gasteiger partial charge in [0.2, 0.25) is 11.1 Å². The molecule has 0 saturated carbocycles. The van der Waals surface area contributed by atoms with Crippen LogP contribution in [0.2, 0.25) is 0 Å². The van der Waals surface area contributed by atoms with Crippen molar-refractivity contribution in [3.05, 3.63) is 0 Å². The molecule has 1 saturated heterocycles. The van der Waals surface area contributed by atoms with E-state index in [1.807, 2.05) is 25.7 Å². The second-order valence-corrected chi connectivity index (χ2v) is 5.88. The molecule has 7 nitrogen and oxygen atoms in total. The summed E-state index contributed by atoms with van der Waals surface area (Å²) in [6, 6.07) is 0. The molecule has 1 amide bonds. The van der Waals surface area contributed by atoms with E-state index in [0.29, 0.717) is 24.3 Å². The van der Waals surface area contributed by atoms with Crippen LogP contribution in [0, 0.1) is 0 Å². The van der Waals surface area contributed by atoms with Gasteiger partial charge in [-0.15, -0.1) is 0 Å². The Morgan fingerprint density at radius 2 is 2.11 bits per heavy atom. The van der Waals surface area contributed by atoms with Gasteiger partial charge < -0.3 is 14.4 Å². The highest BCUT2D eigenvalue weighted by Gasteiger charge is 2.19. The Bertz CT molecular complexity index is 437. The van der Waals surface area contributed by atoms with Gasteiger partial charge in [-0.05, 0) is 20.8 Å². The van der Waals surface area contributed by atoms with Crippen molar-refractivity contribution in [3.8, 4) is 0 Å². The van der Waals surface area contributed by atoms with E-state index >= 15 is 0 Å². The number of ether oxygens (including phenoxy) is 2. The fourth-order valence-corrected chi connectivity index (χ4v) is 2.13. The van der Waals surface area contributed by atoms with Crippen LogP contribution in [0.1, 0.15) is 20.8 Å². The predicted octanol–water partition coefficient (Wildman–Crippen LogP) is 1.72. The summed E-state index contributed by atoms with van der Waals surface area (Å²) in [6.07, 6.45) is -0.517. The van der Waals surface area contributed by atoms with Gasteiger partial charge in [-0.25, -0.2) is 4.79 Å². The molecule has 0 atom stereocenters. The number of hydrogen-bond donors (Lipinski definition) is 1. The third kappa shape index (κ3) is 4.32. The highest BCUT2D eigenvalue weighted by Crippen LogP contribution is 2.19. The van der Waals surface area contributed by atoms with Crippen LogP contribution >= 0.6 is 11.5 Å². The maximum atomic E-state index is 11.6. The Hall–Kier alpha value is -1.41. The first-order chi connectivity index (χ1) is 8.94. The van der Waals surface area contributed by atoms with Gasteiger partial charge in [0, 0.05) is 24.6 Å². The predicted molar refractivity (Wildman–Crippen MR) is 72.8 cm³/mol. The third-order valence-electron chi connectivity index (χ3n) is 2.32. The van der Waals surface area contributed by atoms with Crippen LogP contribution in [0.3, 0.4) is 0 Å². The topological polar surface area (TPSA) is 76.6 Å². The van der Waals surface area contributed by atoms with Crippen molar-refractivity contribution >= 4 is 28.7 Å². The van der Waals surface area contributed by atoms with E-state index in [9.17, 15) is 4.79 Å². The average Bonchev–Trinajstić information content (AvgIpc) is 2.76. The van der Waals surface area contributed by atoms with Crippen LogP contribution in [0.25, 0.3) is 0 Å². The van der Waals surface area contributed by atoms with E-state index in [1.54, 1.807) is 0 Å². The Labute approximate surface area is 116 Å². The molecule has 106 valence electrons. The van der Waals surface area contributed by atoms with Crippen molar-refractivity contribution in [2.24, 2.45) is 0 Å². The smallest absolute Gasteiger partial charge is 0.414 e. The van der Waals surface area contributed by atoms with Crippen molar-refractivity contribution in [1.82, 2.24) is 9.36 Å². The molecule has 0 unspecified atom stereocenters. The van der Waals surface area contributed by atoms with Gasteiger partial charge in [-0.2, -0.15) is 9.36 Å². The normalized spacial score (nSPS) is 16.3. The second-order valence-electron chi connectivity index (χ2n) is 5.13. The number of anilines is 2. The van der Waals surface area contributed by atoms with Crippen LogP contribution in [0.15, 0.2) is 0 Å². The zero-order chi connectivity index (χ0) is 13.9. The van der Waals surface area contributed by atoms with E-state index in [1.165, 1.54) is 0 Å². The SMILES string of the molecule is CC(C)(C)OC(=O)Nc1nc(N2CCOCC2)ns1. The summed E-state index contributed by atoms with van der Waals surface area (Å²) in [5, 5.41) is 3.02. The summed E-state index contributed by atoms with van der Waals surface area (Å²) in [7, 11) is 0. The fourth-order valence-electron chi connectivity index (χ4n) is 1.55. The lowest BCUT2D eigenvalue weighted by Gasteiger charge is -2.25. The van der Waals surface area contributed by atoms with Crippen LogP contribution in [0.4, 0.5) is 15.9 Å². The highest BCUT2D eigenvalue weighted by molar-refractivity contribution is 7.10. The largest absolute Gasteiger partial charge is 0.444 e. The molecular weight excluding hydrogens is 268 g/mol. The summed E-state index contributed by atoms with van der Waals surface area (Å²) >= 11 is 1.14. The molecule has 19 heavy (non-hydrogen) atoms. The number of nitrogens with zero attached hydrogens (tertiary/aromatic N) is 3. The molecule has 1 N–H and O–H groups in total. The van der Waals surface area contributed by atoms with Crippen LogP contribution in [0.5, 0.6) is 0 Å². The number of carbonyl (C=O) groups is 1. The lowest BCUT2D eigenvalue weighted by atomic mass is 10.2. The summed E-state index contributed by atoms with van der Waals surface area (Å²) in [5.41, 5.74) is -0.526. The first-order valence-corrected chi connectivity index (χ1v) is 6.88. The Kier molecular flexibility index (Phi) is 4.20. The average molecular weight is 286 g/mol. The quantitative estimate of drug-likeness (QED) is 0.892. The van der Waals surface area contributed by atoms with Gasteiger partial charge in [-0.3, -0.25) is 5.32 Å². The van der Waals surface area contributed by atoms with Gasteiger partial charge in [0.15, 0.2) is 0 Å². The van der Waals surface area contributed by atoms with Gasteiger partial charge in [-0.1, -0.05) is 0 Å². The molecule has 2 rings (SSSR count). The van der Waals surface area contributed by atoms with E-state index < -0.39 is 11.7 Å². The van der Waals surface area contributed by atoms with Crippen molar-refractivity contribution in [2.75, 3.05) is 36.5 Å². The Morgan fingerprint density at radius 3 is 2.74 bits per heavy atom. The monoisotopic (exact) mass is 286 g/mol. The number of hydrogen-bond acceptors (Lipinski definition) is 7. The minimum Gasteiger partial charge on any atom is -0.444 e. The number of nitrogens with one attached hydrogen (secondary N) is 1. The zero-order valence-electron chi connectivity index (χ0n) is 11.3. The molecule has 0 radical (unpaired) electrons. The summed E-state index contributed by atoms with van der Waals surface area (Å²) in [6.45, 7) is 8.32. The molecule has 2 heterocycles. The Balaban J connectivity index is 1.91. The maximum Gasteiger partial charge on any atom is 0.414 e. The van der Waals surface area contributed by atoms with Crippen molar-refractivity contribution < 1.29 is 14.3 Å². The molecule has 1 aliphatic rings. The summed E-state index contributed by atoms with van der Waals surface area (Å²) in [5.74, 6) is 0.624. The lowest BCUT2D eigenvalue weighted by molar-refractivity contribution is 0.0636. The van der Waals surface area contributed by atoms with Crippen molar-refractivity contribution in [2.45, 2.75) is 26.4 Å². The van der Waals surface area contributed by atoms with Gasteiger partial charge in [0.1, 0.15) is 5.60 Å². The number of carbonyl (C=O) groups excluding carboxylic acids is 1. The van der Waals surface area contributed by atoms with Crippen molar-refractivity contribution in [1.29, 1.82) is 0 Å². The maximum absolute atomic E-state index is 11.6. The van der Waals surface area contributed by atoms with Crippen LogP contribution in [-0.4, -0.2) is 47.4 Å². The number of aromatic nitrogens is 2. The van der Waals surface area contributed by atoms with E-state index in [-0.39, 0.29) is 0 Å². The van der Waals surface area contributed by atoms with Crippen LogP contribution in [-0.2, 0) is 9.47 Å². The molecule has 1 aromatic heterocycles. The fraction of sp³-hybridized carbons (Fsp3) is 0.727. The molecule has 1 fully saturated rings. The van der Waals surface area contributed by atoms with E-state index in [0.717, 1.165) is 24.6 Å². The molecule has 0 bridgehead atoms. The second kappa shape index (κ2) is 5.70. The Morgan fingerprint density at radius 1 is 1.42 bits per heavy atom. The summed E-state index contributed by atoms with van der Waals surface area (Å²) in [4.78, 5) is 17.9. The summed E-state index contributed by atoms with van der Waals surface area (Å²) < 4.78 is 14.6. The van der Waals surface area contributed by atoms with E-state index in [2.05, 4.69) is 14.7 Å². The van der Waals surface area contributed by atoms with Crippen LogP contribution < -0.4 is 10.2 Å². The number of amides is 1. The highest BCUT2D eigenvalue weighted by atomic mass is 32.1. The standard InChI is InChI=1S/C11H18N4O3S/c1-11(2,3)18-10(16)13-9-12-8(14-19-9)15-4-6-17-7-5-15/h4-7H2,1-3H3,(H,12,13,14,16). The minimum absolute atomic E-state index is 0.441. The number of morpholine rings is 1. The molecule has 1 aromatic rings. The molecule has 0 aromatic carbocycles. The minimum atomic E-state index is -0.526. The third-order valence-corrected chi connectivity index (χ3v) is 2.94. The molecule has 0 spiro atoms.